The number of imide groups is 1. The highest BCUT2D eigenvalue weighted by Crippen LogP contribution is 2.31. The molecule has 1 heterocycles. The van der Waals surface area contributed by atoms with Gasteiger partial charge in [0.15, 0.2) is 0 Å². The predicted octanol–water partition coefficient (Wildman–Crippen LogP) is 3.94. The van der Waals surface area contributed by atoms with E-state index >= 15 is 0 Å². The van der Waals surface area contributed by atoms with Crippen LogP contribution in [0.1, 0.15) is 26.3 Å². The van der Waals surface area contributed by atoms with Crippen molar-refractivity contribution >= 4 is 23.1 Å². The van der Waals surface area contributed by atoms with E-state index in [1.807, 2.05) is 37.3 Å². The Labute approximate surface area is 171 Å². The Balaban J connectivity index is 1.92. The van der Waals surface area contributed by atoms with Gasteiger partial charge in [0.25, 0.3) is 11.8 Å². The second-order valence-electron chi connectivity index (χ2n) is 7.23. The van der Waals surface area contributed by atoms with Gasteiger partial charge in [-0.1, -0.05) is 32.0 Å². The van der Waals surface area contributed by atoms with Crippen molar-refractivity contribution in [1.82, 2.24) is 4.90 Å². The third-order valence-corrected chi connectivity index (χ3v) is 4.43. The number of carbonyl (C=O) groups is 2. The molecule has 0 bridgehead atoms. The van der Waals surface area contributed by atoms with Crippen LogP contribution >= 0.6 is 0 Å². The molecule has 2 aromatic rings. The fraction of sp³-hybridized carbons (Fsp3) is 0.304. The lowest BCUT2D eigenvalue weighted by Gasteiger charge is -2.11. The first-order valence-corrected chi connectivity index (χ1v) is 9.70. The Kier molecular flexibility index (Phi) is 6.22. The van der Waals surface area contributed by atoms with Crippen molar-refractivity contribution in [3.8, 4) is 11.5 Å². The molecule has 2 aromatic carbocycles. The molecule has 0 atom stereocenters. The monoisotopic (exact) mass is 394 g/mol. The maximum absolute atomic E-state index is 12.7. The summed E-state index contributed by atoms with van der Waals surface area (Å²) in [6, 6.07) is 14.5. The number of hydrogen-bond acceptors (Lipinski definition) is 5. The van der Waals surface area contributed by atoms with Crippen molar-refractivity contribution in [2.75, 3.05) is 25.6 Å². The molecule has 1 N–H and O–H groups in total. The van der Waals surface area contributed by atoms with Gasteiger partial charge in [0.2, 0.25) is 0 Å². The van der Waals surface area contributed by atoms with Crippen LogP contribution < -0.4 is 14.8 Å². The van der Waals surface area contributed by atoms with Crippen molar-refractivity contribution in [1.29, 1.82) is 0 Å². The first-order chi connectivity index (χ1) is 13.9. The standard InChI is InChI=1S/C23H26N2O4/c1-5-28-19-8-6-7-17(13-19)24-21-20(22(26)25(4)23(21)27)16-9-11-18(12-10-16)29-14-15(2)3/h6-13,15,24H,5,14H2,1-4H3. The zero-order chi connectivity index (χ0) is 21.0. The normalized spacial score (nSPS) is 14.0. The van der Waals surface area contributed by atoms with Crippen LogP contribution in [-0.4, -0.2) is 37.0 Å². The Morgan fingerprint density at radius 3 is 2.34 bits per heavy atom. The number of anilines is 1. The van der Waals surface area contributed by atoms with Crippen molar-refractivity contribution in [2.24, 2.45) is 5.92 Å². The summed E-state index contributed by atoms with van der Waals surface area (Å²) in [5, 5.41) is 3.11. The summed E-state index contributed by atoms with van der Waals surface area (Å²) < 4.78 is 11.2. The lowest BCUT2D eigenvalue weighted by atomic mass is 10.0. The van der Waals surface area contributed by atoms with Crippen LogP contribution in [0.5, 0.6) is 11.5 Å². The number of amides is 2. The highest BCUT2D eigenvalue weighted by Gasteiger charge is 2.36. The number of likely N-dealkylation sites (N-methyl/N-ethyl adjacent to an activating group) is 1. The maximum Gasteiger partial charge on any atom is 0.277 e. The van der Waals surface area contributed by atoms with Gasteiger partial charge in [-0.15, -0.1) is 0 Å². The molecule has 0 aliphatic carbocycles. The Morgan fingerprint density at radius 2 is 1.69 bits per heavy atom. The van der Waals surface area contributed by atoms with Gasteiger partial charge in [0.05, 0.1) is 18.8 Å². The predicted molar refractivity (Wildman–Crippen MR) is 113 cm³/mol. The minimum absolute atomic E-state index is 0.252. The summed E-state index contributed by atoms with van der Waals surface area (Å²) in [5.74, 6) is 1.13. The second-order valence-corrected chi connectivity index (χ2v) is 7.23. The van der Waals surface area contributed by atoms with Gasteiger partial charge in [-0.3, -0.25) is 14.5 Å². The van der Waals surface area contributed by atoms with E-state index in [4.69, 9.17) is 9.47 Å². The SMILES string of the molecule is CCOc1cccc(NC2=C(c3ccc(OCC(C)C)cc3)C(=O)N(C)C2=O)c1. The van der Waals surface area contributed by atoms with E-state index in [0.717, 1.165) is 10.6 Å². The van der Waals surface area contributed by atoms with Gasteiger partial charge < -0.3 is 14.8 Å². The van der Waals surface area contributed by atoms with E-state index < -0.39 is 0 Å². The molecule has 1 aliphatic rings. The molecule has 6 nitrogen and oxygen atoms in total. The van der Waals surface area contributed by atoms with Crippen LogP contribution in [0.15, 0.2) is 54.2 Å². The summed E-state index contributed by atoms with van der Waals surface area (Å²) in [4.78, 5) is 26.5. The van der Waals surface area contributed by atoms with E-state index in [1.54, 1.807) is 18.2 Å². The topological polar surface area (TPSA) is 67.9 Å². The molecule has 0 radical (unpaired) electrons. The summed E-state index contributed by atoms with van der Waals surface area (Å²) in [7, 11) is 1.48. The van der Waals surface area contributed by atoms with Gasteiger partial charge >= 0.3 is 0 Å². The first kappa shape index (κ1) is 20.5. The Hall–Kier alpha value is -3.28. The van der Waals surface area contributed by atoms with Crippen molar-refractivity contribution < 1.29 is 19.1 Å². The Bertz CT molecular complexity index is 932. The lowest BCUT2D eigenvalue weighted by Crippen LogP contribution is -2.27. The lowest BCUT2D eigenvalue weighted by molar-refractivity contribution is -0.135. The third-order valence-electron chi connectivity index (χ3n) is 4.43. The van der Waals surface area contributed by atoms with Gasteiger partial charge in [0, 0.05) is 18.8 Å². The zero-order valence-corrected chi connectivity index (χ0v) is 17.2. The molecular formula is C23H26N2O4. The summed E-state index contributed by atoms with van der Waals surface area (Å²) >= 11 is 0. The summed E-state index contributed by atoms with van der Waals surface area (Å²) in [5.41, 5.74) is 1.93. The van der Waals surface area contributed by atoms with Crippen LogP contribution in [0.25, 0.3) is 5.57 Å². The molecule has 2 amide bonds. The van der Waals surface area contributed by atoms with E-state index in [2.05, 4.69) is 19.2 Å². The van der Waals surface area contributed by atoms with Gasteiger partial charge in [0.1, 0.15) is 17.2 Å². The third kappa shape index (κ3) is 4.59. The smallest absolute Gasteiger partial charge is 0.277 e. The first-order valence-electron chi connectivity index (χ1n) is 9.70. The van der Waals surface area contributed by atoms with Crippen molar-refractivity contribution in [2.45, 2.75) is 20.8 Å². The number of ether oxygens (including phenoxy) is 2. The maximum atomic E-state index is 12.7. The molecule has 0 spiro atoms. The van der Waals surface area contributed by atoms with Crippen LogP contribution in [0.4, 0.5) is 5.69 Å². The molecule has 0 unspecified atom stereocenters. The van der Waals surface area contributed by atoms with E-state index in [-0.39, 0.29) is 17.5 Å². The molecule has 29 heavy (non-hydrogen) atoms. The summed E-state index contributed by atoms with van der Waals surface area (Å²) in [6.07, 6.45) is 0. The zero-order valence-electron chi connectivity index (χ0n) is 17.2. The van der Waals surface area contributed by atoms with Crippen molar-refractivity contribution in [3.63, 3.8) is 0 Å². The quantitative estimate of drug-likeness (QED) is 0.687. The molecule has 1 aliphatic heterocycles. The molecule has 0 saturated heterocycles. The van der Waals surface area contributed by atoms with E-state index in [1.165, 1.54) is 7.05 Å². The number of rotatable bonds is 8. The minimum Gasteiger partial charge on any atom is -0.494 e. The van der Waals surface area contributed by atoms with E-state index in [9.17, 15) is 9.59 Å². The highest BCUT2D eigenvalue weighted by atomic mass is 16.5. The number of nitrogens with zero attached hydrogens (tertiary/aromatic N) is 1. The van der Waals surface area contributed by atoms with Crippen molar-refractivity contribution in [3.05, 3.63) is 59.8 Å². The number of nitrogens with one attached hydrogen (secondary N) is 1. The average Bonchev–Trinajstić information content (AvgIpc) is 2.91. The molecule has 0 aromatic heterocycles. The minimum atomic E-state index is -0.369. The second kappa shape index (κ2) is 8.82. The van der Waals surface area contributed by atoms with Crippen LogP contribution in [0.2, 0.25) is 0 Å². The fourth-order valence-electron chi connectivity index (χ4n) is 2.98. The fourth-order valence-corrected chi connectivity index (χ4v) is 2.98. The highest BCUT2D eigenvalue weighted by molar-refractivity contribution is 6.36. The largest absolute Gasteiger partial charge is 0.494 e. The molecule has 0 saturated carbocycles. The number of hydrogen-bond donors (Lipinski definition) is 1. The van der Waals surface area contributed by atoms with Crippen LogP contribution in [0, 0.1) is 5.92 Å². The van der Waals surface area contributed by atoms with Crippen LogP contribution in [-0.2, 0) is 9.59 Å². The average molecular weight is 394 g/mol. The van der Waals surface area contributed by atoms with Crippen LogP contribution in [0.3, 0.4) is 0 Å². The molecule has 0 fully saturated rings. The van der Waals surface area contributed by atoms with Gasteiger partial charge in [-0.2, -0.15) is 0 Å². The summed E-state index contributed by atoms with van der Waals surface area (Å²) in [6.45, 7) is 7.23. The molecular weight excluding hydrogens is 368 g/mol. The molecule has 6 heteroatoms. The van der Waals surface area contributed by atoms with Gasteiger partial charge in [-0.25, -0.2) is 0 Å². The van der Waals surface area contributed by atoms with Gasteiger partial charge in [-0.05, 0) is 42.7 Å². The Morgan fingerprint density at radius 1 is 0.966 bits per heavy atom. The molecule has 3 rings (SSSR count). The number of benzene rings is 2. The van der Waals surface area contributed by atoms with E-state index in [0.29, 0.717) is 41.7 Å². The molecule has 152 valence electrons. The number of carbonyl (C=O) groups excluding carboxylic acids is 2.